The van der Waals surface area contributed by atoms with Gasteiger partial charge in [0.25, 0.3) is 0 Å². The van der Waals surface area contributed by atoms with E-state index in [9.17, 15) is 0 Å². The first-order chi connectivity index (χ1) is 11.5. The molecule has 0 amide bonds. The number of hydrogen-bond donors (Lipinski definition) is 3. The average Bonchev–Trinajstić information content (AvgIpc) is 2.82. The summed E-state index contributed by atoms with van der Waals surface area (Å²) in [5.41, 5.74) is 19.7. The lowest BCUT2D eigenvalue weighted by atomic mass is 9.95. The molecule has 3 nitrogen and oxygen atoms in total. The highest BCUT2D eigenvalue weighted by Crippen LogP contribution is 2.49. The number of benzene rings is 2. The van der Waals surface area contributed by atoms with Crippen molar-refractivity contribution in [2.75, 3.05) is 11.5 Å². The van der Waals surface area contributed by atoms with Crippen LogP contribution in [0.15, 0.2) is 59.2 Å². The molecule has 2 aliphatic carbocycles. The summed E-state index contributed by atoms with van der Waals surface area (Å²) in [7, 11) is 0. The van der Waals surface area contributed by atoms with Gasteiger partial charge in [-0.2, -0.15) is 0 Å². The number of allylic oxidation sites excluding steroid dienone is 5. The Morgan fingerprint density at radius 1 is 0.875 bits per heavy atom. The fraction of sp³-hybridized carbons (Fsp3) is 0. The van der Waals surface area contributed by atoms with Gasteiger partial charge in [-0.3, -0.25) is 5.41 Å². The topological polar surface area (TPSA) is 77.6 Å². The Bertz CT molecular complexity index is 996. The molecule has 4 rings (SSSR count). The highest BCUT2D eigenvalue weighted by atomic mass is 35.5. The quantitative estimate of drug-likeness (QED) is 0.688. The van der Waals surface area contributed by atoms with E-state index in [1.54, 1.807) is 0 Å². The van der Waals surface area contributed by atoms with Gasteiger partial charge in [-0.1, -0.05) is 35.3 Å². The second kappa shape index (κ2) is 5.26. The number of anilines is 2. The number of fused-ring (bicyclic) bond motifs is 3. The van der Waals surface area contributed by atoms with Gasteiger partial charge in [0, 0.05) is 11.8 Å². The zero-order chi connectivity index (χ0) is 17.0. The second-order valence-corrected chi connectivity index (χ2v) is 6.65. The number of halogens is 2. The molecule has 5 heteroatoms. The van der Waals surface area contributed by atoms with Crippen LogP contribution in [0.2, 0.25) is 5.02 Å². The summed E-state index contributed by atoms with van der Waals surface area (Å²) in [6, 6.07) is 11.5. The number of rotatable bonds is 1. The SMILES string of the molecule is Nc1ccc(C2=C3C=C(Cl)C(=[NH2+])C=C3c3cc(N)c(Cl)cc32)cc1. The van der Waals surface area contributed by atoms with Gasteiger partial charge in [0.05, 0.1) is 10.7 Å². The van der Waals surface area contributed by atoms with E-state index in [1.807, 2.05) is 48.6 Å². The van der Waals surface area contributed by atoms with E-state index in [2.05, 4.69) is 0 Å². The van der Waals surface area contributed by atoms with Crippen LogP contribution in [0.4, 0.5) is 11.4 Å². The van der Waals surface area contributed by atoms with Crippen molar-refractivity contribution in [3.8, 4) is 0 Å². The van der Waals surface area contributed by atoms with Gasteiger partial charge in [-0.25, -0.2) is 0 Å². The van der Waals surface area contributed by atoms with E-state index in [4.69, 9.17) is 40.1 Å². The predicted octanol–water partition coefficient (Wildman–Crippen LogP) is 3.04. The van der Waals surface area contributed by atoms with Crippen LogP contribution in [0.5, 0.6) is 0 Å². The molecule has 0 aliphatic heterocycles. The van der Waals surface area contributed by atoms with Gasteiger partial charge in [0.1, 0.15) is 5.03 Å². The van der Waals surface area contributed by atoms with E-state index >= 15 is 0 Å². The largest absolute Gasteiger partial charge is 0.399 e. The van der Waals surface area contributed by atoms with Crippen LogP contribution in [-0.2, 0) is 0 Å². The molecule has 118 valence electrons. The lowest BCUT2D eigenvalue weighted by Crippen LogP contribution is -2.39. The molecule has 0 heterocycles. The molecule has 0 atom stereocenters. The maximum Gasteiger partial charge on any atom is 0.216 e. The minimum absolute atomic E-state index is 0.522. The molecule has 6 N–H and O–H groups in total. The maximum absolute atomic E-state index is 6.27. The molecule has 0 fully saturated rings. The third-order valence-electron chi connectivity index (χ3n) is 4.30. The summed E-state index contributed by atoms with van der Waals surface area (Å²) in [5.74, 6) is 0. The van der Waals surface area contributed by atoms with E-state index in [-0.39, 0.29) is 0 Å². The van der Waals surface area contributed by atoms with Gasteiger partial charge in [-0.15, -0.1) is 0 Å². The lowest BCUT2D eigenvalue weighted by molar-refractivity contribution is -0.110. The van der Waals surface area contributed by atoms with Crippen molar-refractivity contribution in [2.45, 2.75) is 0 Å². The molecule has 24 heavy (non-hydrogen) atoms. The van der Waals surface area contributed by atoms with Crippen molar-refractivity contribution in [1.82, 2.24) is 0 Å². The summed E-state index contributed by atoms with van der Waals surface area (Å²) in [4.78, 5) is 0. The Labute approximate surface area is 149 Å². The molecule has 0 unspecified atom stereocenters. The van der Waals surface area contributed by atoms with Gasteiger partial charge < -0.3 is 11.5 Å². The van der Waals surface area contributed by atoms with E-state index in [0.717, 1.165) is 33.4 Å². The van der Waals surface area contributed by atoms with Gasteiger partial charge in [0.15, 0.2) is 0 Å². The summed E-state index contributed by atoms with van der Waals surface area (Å²) >= 11 is 12.5. The van der Waals surface area contributed by atoms with E-state index in [0.29, 0.717) is 27.1 Å². The molecular weight excluding hydrogens is 341 g/mol. The third kappa shape index (κ3) is 2.17. The first-order valence-electron chi connectivity index (χ1n) is 7.37. The van der Waals surface area contributed by atoms with Crippen molar-refractivity contribution < 1.29 is 5.41 Å². The van der Waals surface area contributed by atoms with Crippen molar-refractivity contribution in [3.05, 3.63) is 80.9 Å². The second-order valence-electron chi connectivity index (χ2n) is 5.84. The summed E-state index contributed by atoms with van der Waals surface area (Å²) in [6.07, 6.45) is 3.77. The average molecular weight is 355 g/mol. The number of hydrogen-bond acceptors (Lipinski definition) is 2. The number of nitrogens with two attached hydrogens (primary N) is 3. The molecule has 2 aliphatic rings. The van der Waals surface area contributed by atoms with Crippen LogP contribution in [0.1, 0.15) is 16.7 Å². The van der Waals surface area contributed by atoms with Crippen LogP contribution >= 0.6 is 23.2 Å². The van der Waals surface area contributed by atoms with Crippen molar-refractivity contribution in [1.29, 1.82) is 0 Å². The minimum atomic E-state index is 0.522. The normalized spacial score (nSPS) is 15.8. The smallest absolute Gasteiger partial charge is 0.216 e. The highest BCUT2D eigenvalue weighted by molar-refractivity contribution is 6.46. The minimum Gasteiger partial charge on any atom is -0.399 e. The zero-order valence-corrected chi connectivity index (χ0v) is 14.1. The molecule has 0 aromatic heterocycles. The molecule has 0 saturated heterocycles. The van der Waals surface area contributed by atoms with E-state index < -0.39 is 0 Å². The van der Waals surface area contributed by atoms with Crippen LogP contribution in [0.25, 0.3) is 11.1 Å². The van der Waals surface area contributed by atoms with Crippen LogP contribution in [-0.4, -0.2) is 5.71 Å². The lowest BCUT2D eigenvalue weighted by Gasteiger charge is -2.10. The number of nitrogen functional groups attached to an aromatic ring is 2. The van der Waals surface area contributed by atoms with Crippen LogP contribution in [0, 0.1) is 0 Å². The Morgan fingerprint density at radius 2 is 1.58 bits per heavy atom. The van der Waals surface area contributed by atoms with Gasteiger partial charge in [0.2, 0.25) is 5.71 Å². The van der Waals surface area contributed by atoms with Crippen molar-refractivity contribution in [2.24, 2.45) is 0 Å². The Kier molecular flexibility index (Phi) is 3.30. The van der Waals surface area contributed by atoms with Crippen molar-refractivity contribution in [3.63, 3.8) is 0 Å². The Balaban J connectivity index is 2.06. The Hall–Kier alpha value is -2.49. The molecule has 2 aromatic carbocycles. The fourth-order valence-corrected chi connectivity index (χ4v) is 3.47. The van der Waals surface area contributed by atoms with E-state index in [1.165, 1.54) is 0 Å². The van der Waals surface area contributed by atoms with Gasteiger partial charge in [-0.05, 0) is 63.8 Å². The molecule has 0 radical (unpaired) electrons. The summed E-state index contributed by atoms with van der Waals surface area (Å²) < 4.78 is 0. The molecular formula is C19H14Cl2N3+. The Morgan fingerprint density at radius 3 is 2.29 bits per heavy atom. The van der Waals surface area contributed by atoms with Crippen LogP contribution in [0.3, 0.4) is 0 Å². The van der Waals surface area contributed by atoms with Crippen molar-refractivity contribution >= 4 is 51.4 Å². The standard InChI is InChI=1S/C19H13Cl2N3/c20-15-5-13-11(7-17(15)23)12-8-18(24)16(21)6-14(12)19(13)9-1-3-10(22)4-2-9/h1-8,23H,22,24H2/p+1. The maximum atomic E-state index is 6.27. The third-order valence-corrected chi connectivity index (χ3v) is 4.96. The van der Waals surface area contributed by atoms with Gasteiger partial charge >= 0.3 is 0 Å². The zero-order valence-electron chi connectivity index (χ0n) is 12.6. The highest BCUT2D eigenvalue weighted by Gasteiger charge is 2.31. The molecule has 0 spiro atoms. The predicted molar refractivity (Wildman–Crippen MR) is 102 cm³/mol. The first kappa shape index (κ1) is 15.1. The first-order valence-corrected chi connectivity index (χ1v) is 8.13. The summed E-state index contributed by atoms with van der Waals surface area (Å²) in [5, 5.41) is 7.05. The fourth-order valence-electron chi connectivity index (χ4n) is 3.15. The molecule has 2 aromatic rings. The summed E-state index contributed by atoms with van der Waals surface area (Å²) in [6.45, 7) is 0. The molecule has 0 bridgehead atoms. The molecule has 0 saturated carbocycles. The monoisotopic (exact) mass is 354 g/mol. The van der Waals surface area contributed by atoms with Crippen LogP contribution < -0.4 is 16.9 Å².